The lowest BCUT2D eigenvalue weighted by Gasteiger charge is -2.59. The predicted molar refractivity (Wildman–Crippen MR) is 47.1 cm³/mol. The summed E-state index contributed by atoms with van der Waals surface area (Å²) >= 11 is 0. The average molecular weight is 151 g/mol. The Morgan fingerprint density at radius 1 is 1.45 bits per heavy atom. The van der Waals surface area contributed by atoms with Crippen molar-refractivity contribution in [2.45, 2.75) is 32.7 Å². The topological polar surface area (TPSA) is 26.0 Å². The van der Waals surface area contributed by atoms with Gasteiger partial charge in [-0.05, 0) is 30.1 Å². The maximum absolute atomic E-state index is 5.92. The molecule has 0 aliphatic heterocycles. The number of rotatable bonds is 0. The highest BCUT2D eigenvalue weighted by atomic mass is 14.7. The maximum Gasteiger partial charge on any atom is 0.0256 e. The second kappa shape index (κ2) is 1.89. The van der Waals surface area contributed by atoms with Gasteiger partial charge in [-0.3, -0.25) is 0 Å². The van der Waals surface area contributed by atoms with Crippen LogP contribution < -0.4 is 5.73 Å². The quantitative estimate of drug-likeness (QED) is 0.526. The third-order valence-electron chi connectivity index (χ3n) is 3.93. The van der Waals surface area contributed by atoms with E-state index in [0.29, 0.717) is 11.5 Å². The zero-order valence-corrected chi connectivity index (χ0v) is 7.43. The molecule has 3 atom stereocenters. The molecule has 0 radical (unpaired) electrons. The molecular weight excluding hydrogens is 134 g/mol. The van der Waals surface area contributed by atoms with Crippen molar-refractivity contribution >= 4 is 0 Å². The second-order valence-corrected chi connectivity index (χ2v) is 4.72. The van der Waals surface area contributed by atoms with Crippen LogP contribution in [0, 0.1) is 17.3 Å². The third kappa shape index (κ3) is 0.750. The van der Waals surface area contributed by atoms with Crippen LogP contribution in [-0.2, 0) is 0 Å². The van der Waals surface area contributed by atoms with E-state index >= 15 is 0 Å². The minimum absolute atomic E-state index is 0.298. The van der Waals surface area contributed by atoms with Crippen LogP contribution in [0.15, 0.2) is 12.2 Å². The molecule has 2 N–H and O–H groups in total. The van der Waals surface area contributed by atoms with Crippen molar-refractivity contribution in [3.63, 3.8) is 0 Å². The van der Waals surface area contributed by atoms with Gasteiger partial charge in [0, 0.05) is 6.04 Å². The summed E-state index contributed by atoms with van der Waals surface area (Å²) in [6.07, 6.45) is 2.52. The summed E-state index contributed by atoms with van der Waals surface area (Å²) in [5.74, 6) is 1.59. The fourth-order valence-corrected chi connectivity index (χ4v) is 2.76. The van der Waals surface area contributed by atoms with Crippen molar-refractivity contribution in [1.29, 1.82) is 0 Å². The van der Waals surface area contributed by atoms with Gasteiger partial charge in [-0.1, -0.05) is 26.0 Å². The van der Waals surface area contributed by atoms with E-state index in [0.717, 1.165) is 11.8 Å². The highest BCUT2D eigenvalue weighted by molar-refractivity contribution is 5.24. The minimum Gasteiger partial charge on any atom is -0.324 e. The normalized spacial score (nSPS) is 46.8. The zero-order valence-electron chi connectivity index (χ0n) is 7.43. The molecule has 0 unspecified atom stereocenters. The monoisotopic (exact) mass is 151 g/mol. The second-order valence-electron chi connectivity index (χ2n) is 4.72. The first-order chi connectivity index (χ1) is 5.03. The standard InChI is InChI=1S/C10H17N/c1-6-8-4-7(5-9(6)11)10(8,2)3/h7-9H,1,4-5,11H2,2-3H3/t7-,8+,9+/m0/s1. The molecule has 0 heterocycles. The molecule has 3 aliphatic rings. The summed E-state index contributed by atoms with van der Waals surface area (Å²) in [7, 11) is 0. The van der Waals surface area contributed by atoms with Crippen molar-refractivity contribution in [2.24, 2.45) is 23.0 Å². The van der Waals surface area contributed by atoms with Crippen LogP contribution in [0.5, 0.6) is 0 Å². The fourth-order valence-electron chi connectivity index (χ4n) is 2.76. The van der Waals surface area contributed by atoms with Crippen molar-refractivity contribution < 1.29 is 0 Å². The average Bonchev–Trinajstić information content (AvgIpc) is 1.93. The number of hydrogen-bond donors (Lipinski definition) is 1. The first kappa shape index (κ1) is 7.35. The molecule has 0 aromatic heterocycles. The van der Waals surface area contributed by atoms with E-state index in [2.05, 4.69) is 20.4 Å². The number of fused-ring (bicyclic) bond motifs is 2. The van der Waals surface area contributed by atoms with E-state index in [-0.39, 0.29) is 0 Å². The van der Waals surface area contributed by atoms with Gasteiger partial charge in [-0.25, -0.2) is 0 Å². The van der Waals surface area contributed by atoms with Gasteiger partial charge in [0.1, 0.15) is 0 Å². The van der Waals surface area contributed by atoms with Crippen molar-refractivity contribution in [3.05, 3.63) is 12.2 Å². The Bertz CT molecular complexity index is 205. The first-order valence-electron chi connectivity index (χ1n) is 4.47. The summed E-state index contributed by atoms with van der Waals surface area (Å²) in [6.45, 7) is 8.78. The van der Waals surface area contributed by atoms with E-state index in [1.807, 2.05) is 0 Å². The van der Waals surface area contributed by atoms with Gasteiger partial charge >= 0.3 is 0 Å². The molecule has 0 aromatic rings. The Labute approximate surface area is 68.7 Å². The van der Waals surface area contributed by atoms with Crippen molar-refractivity contribution in [1.82, 2.24) is 0 Å². The summed E-state index contributed by atoms with van der Waals surface area (Å²) in [5.41, 5.74) is 7.73. The van der Waals surface area contributed by atoms with E-state index < -0.39 is 0 Å². The van der Waals surface area contributed by atoms with Gasteiger partial charge in [-0.15, -0.1) is 0 Å². The summed E-state index contributed by atoms with van der Waals surface area (Å²) in [4.78, 5) is 0. The molecule has 3 fully saturated rings. The molecule has 1 nitrogen and oxygen atoms in total. The zero-order chi connectivity index (χ0) is 8.22. The molecule has 0 spiro atoms. The highest BCUT2D eigenvalue weighted by Crippen LogP contribution is 2.60. The summed E-state index contributed by atoms with van der Waals surface area (Å²) in [6, 6.07) is 0.298. The predicted octanol–water partition coefficient (Wildman–Crippen LogP) is 1.94. The Morgan fingerprint density at radius 3 is 2.45 bits per heavy atom. The molecule has 0 saturated heterocycles. The van der Waals surface area contributed by atoms with Crippen molar-refractivity contribution in [2.75, 3.05) is 0 Å². The molecular formula is C10H17N. The molecule has 2 bridgehead atoms. The lowest BCUT2D eigenvalue weighted by atomic mass is 9.46. The lowest BCUT2D eigenvalue weighted by Crippen LogP contribution is -2.55. The van der Waals surface area contributed by atoms with Gasteiger partial charge < -0.3 is 5.73 Å². The van der Waals surface area contributed by atoms with Crippen LogP contribution in [0.1, 0.15) is 26.7 Å². The van der Waals surface area contributed by atoms with E-state index in [1.165, 1.54) is 18.4 Å². The highest BCUT2D eigenvalue weighted by Gasteiger charge is 2.53. The third-order valence-corrected chi connectivity index (χ3v) is 3.93. The Morgan fingerprint density at radius 2 is 2.09 bits per heavy atom. The van der Waals surface area contributed by atoms with E-state index in [1.54, 1.807) is 0 Å². The van der Waals surface area contributed by atoms with Crippen LogP contribution in [0.4, 0.5) is 0 Å². The van der Waals surface area contributed by atoms with Gasteiger partial charge in [0.2, 0.25) is 0 Å². The molecule has 1 heteroatoms. The molecule has 3 saturated carbocycles. The van der Waals surface area contributed by atoms with Crippen LogP contribution >= 0.6 is 0 Å². The largest absolute Gasteiger partial charge is 0.324 e. The molecule has 0 aromatic carbocycles. The van der Waals surface area contributed by atoms with E-state index in [9.17, 15) is 0 Å². The molecule has 3 rings (SSSR count). The number of nitrogens with two attached hydrogens (primary N) is 1. The SMILES string of the molecule is C=C1[C@H](N)C[C@@H]2C[C@H]1C2(C)C. The van der Waals surface area contributed by atoms with Gasteiger partial charge in [0.15, 0.2) is 0 Å². The Balaban J connectivity index is 2.23. The number of hydrogen-bond acceptors (Lipinski definition) is 1. The van der Waals surface area contributed by atoms with Crippen LogP contribution in [-0.4, -0.2) is 6.04 Å². The van der Waals surface area contributed by atoms with E-state index in [4.69, 9.17) is 5.73 Å². The molecule has 11 heavy (non-hydrogen) atoms. The van der Waals surface area contributed by atoms with Crippen molar-refractivity contribution in [3.8, 4) is 0 Å². The molecule has 3 aliphatic carbocycles. The Kier molecular flexibility index (Phi) is 1.26. The van der Waals surface area contributed by atoms with Crippen LogP contribution in [0.2, 0.25) is 0 Å². The smallest absolute Gasteiger partial charge is 0.0256 e. The van der Waals surface area contributed by atoms with Gasteiger partial charge in [0.25, 0.3) is 0 Å². The van der Waals surface area contributed by atoms with Crippen LogP contribution in [0.25, 0.3) is 0 Å². The van der Waals surface area contributed by atoms with Gasteiger partial charge in [0.05, 0.1) is 0 Å². The van der Waals surface area contributed by atoms with Crippen LogP contribution in [0.3, 0.4) is 0 Å². The first-order valence-corrected chi connectivity index (χ1v) is 4.47. The van der Waals surface area contributed by atoms with Gasteiger partial charge in [-0.2, -0.15) is 0 Å². The summed E-state index contributed by atoms with van der Waals surface area (Å²) < 4.78 is 0. The Hall–Kier alpha value is -0.300. The lowest BCUT2D eigenvalue weighted by molar-refractivity contribution is -0.0336. The minimum atomic E-state index is 0.298. The summed E-state index contributed by atoms with van der Waals surface area (Å²) in [5, 5.41) is 0. The maximum atomic E-state index is 5.92. The molecule has 62 valence electrons. The molecule has 0 amide bonds. The fraction of sp³-hybridized carbons (Fsp3) is 0.800.